The van der Waals surface area contributed by atoms with Crippen molar-refractivity contribution in [3.63, 3.8) is 0 Å². The van der Waals surface area contributed by atoms with E-state index in [-0.39, 0.29) is 11.3 Å². The molecule has 0 aliphatic carbocycles. The smallest absolute Gasteiger partial charge is 0.176 e. The molecule has 0 spiro atoms. The summed E-state index contributed by atoms with van der Waals surface area (Å²) in [7, 11) is 0. The fourth-order valence-electron chi connectivity index (χ4n) is 2.50. The van der Waals surface area contributed by atoms with Crippen molar-refractivity contribution < 1.29 is 4.79 Å². The quantitative estimate of drug-likeness (QED) is 0.745. The third-order valence-electron chi connectivity index (χ3n) is 3.75. The average Bonchev–Trinajstić information content (AvgIpc) is 2.33. The molecule has 0 amide bonds. The summed E-state index contributed by atoms with van der Waals surface area (Å²) in [5.74, 6) is 0.237. The van der Waals surface area contributed by atoms with Gasteiger partial charge in [0.1, 0.15) is 0 Å². The third kappa shape index (κ3) is 2.95. The van der Waals surface area contributed by atoms with Crippen LogP contribution in [0.4, 0.5) is 0 Å². The summed E-state index contributed by atoms with van der Waals surface area (Å²) in [6.07, 6.45) is 3.68. The predicted molar refractivity (Wildman–Crippen MR) is 70.3 cm³/mol. The fourth-order valence-corrected chi connectivity index (χ4v) is 2.50. The Morgan fingerprint density at radius 3 is 2.59 bits per heavy atom. The normalized spacial score (nSPS) is 20.1. The average molecular weight is 231 g/mol. The fraction of sp³-hybridized carbons (Fsp3) is 0.533. The number of piperidine rings is 1. The summed E-state index contributed by atoms with van der Waals surface area (Å²) >= 11 is 0. The van der Waals surface area contributed by atoms with Crippen LogP contribution in [-0.2, 0) is 0 Å². The van der Waals surface area contributed by atoms with Crippen LogP contribution < -0.4 is 0 Å². The molecule has 1 heterocycles. The molecule has 0 aromatic heterocycles. The first-order chi connectivity index (χ1) is 8.09. The van der Waals surface area contributed by atoms with E-state index in [0.29, 0.717) is 6.54 Å². The maximum Gasteiger partial charge on any atom is 0.176 e. The molecule has 0 saturated carbocycles. The summed E-state index contributed by atoms with van der Waals surface area (Å²) in [5, 5.41) is 0. The Bertz CT molecular complexity index is 383. The van der Waals surface area contributed by atoms with E-state index in [4.69, 9.17) is 0 Å². The Morgan fingerprint density at radius 1 is 1.24 bits per heavy atom. The summed E-state index contributed by atoms with van der Waals surface area (Å²) in [6.45, 7) is 6.08. The zero-order chi connectivity index (χ0) is 12.3. The highest BCUT2D eigenvalue weighted by atomic mass is 16.1. The molecular weight excluding hydrogens is 210 g/mol. The maximum atomic E-state index is 12.2. The van der Waals surface area contributed by atoms with Crippen LogP contribution >= 0.6 is 0 Å². The second-order valence-corrected chi connectivity index (χ2v) is 5.48. The van der Waals surface area contributed by atoms with E-state index < -0.39 is 0 Å². The van der Waals surface area contributed by atoms with Crippen LogP contribution in [0.3, 0.4) is 0 Å². The van der Waals surface area contributed by atoms with Gasteiger partial charge in [0.25, 0.3) is 0 Å². The molecule has 1 aliphatic heterocycles. The number of ketones is 1. The molecule has 1 aromatic rings. The Hall–Kier alpha value is -1.15. The van der Waals surface area contributed by atoms with E-state index in [9.17, 15) is 4.79 Å². The number of carbonyl (C=O) groups is 1. The van der Waals surface area contributed by atoms with Crippen molar-refractivity contribution >= 4 is 5.78 Å². The van der Waals surface area contributed by atoms with Gasteiger partial charge in [-0.05, 0) is 33.2 Å². The van der Waals surface area contributed by atoms with Gasteiger partial charge in [-0.25, -0.2) is 0 Å². The Morgan fingerprint density at radius 2 is 1.94 bits per heavy atom. The lowest BCUT2D eigenvalue weighted by Crippen LogP contribution is -2.49. The molecule has 2 heteroatoms. The van der Waals surface area contributed by atoms with Crippen LogP contribution in [0.25, 0.3) is 0 Å². The predicted octanol–water partition coefficient (Wildman–Crippen LogP) is 3.13. The van der Waals surface area contributed by atoms with Crippen molar-refractivity contribution in [2.45, 2.75) is 38.6 Å². The molecule has 0 N–H and O–H groups in total. The SMILES string of the molecule is CC1(C)CCCCN1CC(=O)c1ccccc1. The molecule has 92 valence electrons. The number of likely N-dealkylation sites (tertiary alicyclic amines) is 1. The minimum absolute atomic E-state index is 0.169. The third-order valence-corrected chi connectivity index (χ3v) is 3.75. The van der Waals surface area contributed by atoms with Crippen molar-refractivity contribution in [2.75, 3.05) is 13.1 Å². The second-order valence-electron chi connectivity index (χ2n) is 5.48. The van der Waals surface area contributed by atoms with Crippen molar-refractivity contribution in [3.8, 4) is 0 Å². The maximum absolute atomic E-state index is 12.2. The van der Waals surface area contributed by atoms with Gasteiger partial charge >= 0.3 is 0 Å². The van der Waals surface area contributed by atoms with Gasteiger partial charge < -0.3 is 0 Å². The minimum atomic E-state index is 0.169. The second kappa shape index (κ2) is 5.01. The highest BCUT2D eigenvalue weighted by molar-refractivity contribution is 5.97. The summed E-state index contributed by atoms with van der Waals surface area (Å²) < 4.78 is 0. The van der Waals surface area contributed by atoms with Crippen LogP contribution in [0.5, 0.6) is 0 Å². The number of nitrogens with zero attached hydrogens (tertiary/aromatic N) is 1. The zero-order valence-electron chi connectivity index (χ0n) is 10.8. The molecule has 1 saturated heterocycles. The number of rotatable bonds is 3. The summed E-state index contributed by atoms with van der Waals surface area (Å²) in [4.78, 5) is 14.5. The van der Waals surface area contributed by atoms with Crippen LogP contribution in [0, 0.1) is 0 Å². The number of benzene rings is 1. The van der Waals surface area contributed by atoms with Crippen molar-refractivity contribution in [2.24, 2.45) is 0 Å². The molecule has 1 fully saturated rings. The molecular formula is C15H21NO. The van der Waals surface area contributed by atoms with Gasteiger partial charge in [0.15, 0.2) is 5.78 Å². The molecule has 0 bridgehead atoms. The van der Waals surface area contributed by atoms with E-state index in [1.807, 2.05) is 30.3 Å². The van der Waals surface area contributed by atoms with Gasteiger partial charge in [-0.3, -0.25) is 9.69 Å². The van der Waals surface area contributed by atoms with Gasteiger partial charge in [0.2, 0.25) is 0 Å². The van der Waals surface area contributed by atoms with Crippen LogP contribution in [0.15, 0.2) is 30.3 Å². The van der Waals surface area contributed by atoms with E-state index in [0.717, 1.165) is 12.1 Å². The monoisotopic (exact) mass is 231 g/mol. The summed E-state index contributed by atoms with van der Waals surface area (Å²) in [6, 6.07) is 9.60. The molecule has 1 aliphatic rings. The molecule has 2 nitrogen and oxygen atoms in total. The van der Waals surface area contributed by atoms with Crippen molar-refractivity contribution in [1.29, 1.82) is 0 Å². The highest BCUT2D eigenvalue weighted by Gasteiger charge is 2.30. The Labute approximate surface area is 104 Å². The van der Waals surface area contributed by atoms with Gasteiger partial charge in [-0.15, -0.1) is 0 Å². The Kier molecular flexibility index (Phi) is 3.63. The largest absolute Gasteiger partial charge is 0.293 e. The first kappa shape index (κ1) is 12.3. The van der Waals surface area contributed by atoms with Gasteiger partial charge in [0.05, 0.1) is 6.54 Å². The van der Waals surface area contributed by atoms with E-state index in [1.54, 1.807) is 0 Å². The van der Waals surface area contributed by atoms with Gasteiger partial charge in [-0.2, -0.15) is 0 Å². The van der Waals surface area contributed by atoms with Gasteiger partial charge in [0, 0.05) is 11.1 Å². The van der Waals surface area contributed by atoms with E-state index in [2.05, 4.69) is 18.7 Å². The zero-order valence-corrected chi connectivity index (χ0v) is 10.8. The first-order valence-electron chi connectivity index (χ1n) is 6.43. The molecule has 0 radical (unpaired) electrons. The number of hydrogen-bond acceptors (Lipinski definition) is 2. The van der Waals surface area contributed by atoms with Gasteiger partial charge in [-0.1, -0.05) is 36.8 Å². The highest BCUT2D eigenvalue weighted by Crippen LogP contribution is 2.27. The Balaban J connectivity index is 2.03. The number of Topliss-reactive ketones (excluding diaryl/α,β-unsaturated/α-hetero) is 1. The van der Waals surface area contributed by atoms with Crippen LogP contribution in [-0.4, -0.2) is 29.3 Å². The minimum Gasteiger partial charge on any atom is -0.293 e. The lowest BCUT2D eigenvalue weighted by atomic mass is 9.90. The molecule has 1 aromatic carbocycles. The van der Waals surface area contributed by atoms with Crippen molar-refractivity contribution in [1.82, 2.24) is 4.90 Å². The lowest BCUT2D eigenvalue weighted by molar-refractivity contribution is 0.0621. The van der Waals surface area contributed by atoms with E-state index >= 15 is 0 Å². The topological polar surface area (TPSA) is 20.3 Å². The molecule has 0 unspecified atom stereocenters. The number of carbonyl (C=O) groups excluding carboxylic acids is 1. The van der Waals surface area contributed by atoms with Crippen LogP contribution in [0.1, 0.15) is 43.5 Å². The summed E-state index contributed by atoms with van der Waals surface area (Å²) in [5.41, 5.74) is 0.997. The standard InChI is InChI=1S/C15H21NO/c1-15(2)10-6-7-11-16(15)12-14(17)13-8-4-3-5-9-13/h3-5,8-9H,6-7,10-12H2,1-2H3. The van der Waals surface area contributed by atoms with Crippen LogP contribution in [0.2, 0.25) is 0 Å². The molecule has 0 atom stereocenters. The van der Waals surface area contributed by atoms with E-state index in [1.165, 1.54) is 19.3 Å². The number of hydrogen-bond donors (Lipinski definition) is 0. The van der Waals surface area contributed by atoms with Crippen molar-refractivity contribution in [3.05, 3.63) is 35.9 Å². The molecule has 2 rings (SSSR count). The molecule has 17 heavy (non-hydrogen) atoms. The lowest BCUT2D eigenvalue weighted by Gasteiger charge is -2.42. The first-order valence-corrected chi connectivity index (χ1v) is 6.43.